The Morgan fingerprint density at radius 2 is 1.66 bits per heavy atom. The van der Waals surface area contributed by atoms with Gasteiger partial charge in [-0.25, -0.2) is 4.90 Å². The Morgan fingerprint density at radius 1 is 0.931 bits per heavy atom. The minimum atomic E-state index is -0.459. The fourth-order valence-corrected chi connectivity index (χ4v) is 3.66. The number of anilines is 2. The summed E-state index contributed by atoms with van der Waals surface area (Å²) in [6.45, 7) is 0. The van der Waals surface area contributed by atoms with Crippen LogP contribution in [-0.2, 0) is 0 Å². The molecule has 1 aliphatic heterocycles. The third kappa shape index (κ3) is 3.61. The second-order valence-corrected chi connectivity index (χ2v) is 7.61. The van der Waals surface area contributed by atoms with Crippen molar-refractivity contribution in [2.75, 3.05) is 17.3 Å². The number of amides is 3. The van der Waals surface area contributed by atoms with Crippen LogP contribution in [-0.4, -0.2) is 24.8 Å². The quantitative estimate of drug-likeness (QED) is 0.429. The van der Waals surface area contributed by atoms with E-state index in [4.69, 9.17) is 4.74 Å². The van der Waals surface area contributed by atoms with Gasteiger partial charge in [-0.1, -0.05) is 6.07 Å². The summed E-state index contributed by atoms with van der Waals surface area (Å²) in [5, 5.41) is 2.80. The number of halogens is 1. The van der Waals surface area contributed by atoms with Crippen molar-refractivity contribution in [2.45, 2.75) is 0 Å². The molecular formula is C22H15IN2O4. The summed E-state index contributed by atoms with van der Waals surface area (Å²) < 4.78 is 6.10. The van der Waals surface area contributed by atoms with Crippen LogP contribution in [0, 0.1) is 3.57 Å². The third-order valence-corrected chi connectivity index (χ3v) is 5.23. The number of nitrogens with zero attached hydrogens (tertiary/aromatic N) is 1. The van der Waals surface area contributed by atoms with Gasteiger partial charge in [-0.3, -0.25) is 14.4 Å². The van der Waals surface area contributed by atoms with Crippen LogP contribution in [0.15, 0.2) is 66.7 Å². The van der Waals surface area contributed by atoms with Gasteiger partial charge < -0.3 is 10.1 Å². The summed E-state index contributed by atoms with van der Waals surface area (Å²) in [4.78, 5) is 39.3. The van der Waals surface area contributed by atoms with Gasteiger partial charge in [0.05, 0.1) is 23.9 Å². The van der Waals surface area contributed by atoms with Crippen LogP contribution in [0.5, 0.6) is 5.75 Å². The average Bonchev–Trinajstić information content (AvgIpc) is 2.98. The first-order valence-electron chi connectivity index (χ1n) is 8.72. The van der Waals surface area contributed by atoms with E-state index in [-0.39, 0.29) is 17.0 Å². The molecule has 4 rings (SSSR count). The minimum Gasteiger partial charge on any atom is -0.497 e. The molecule has 1 aliphatic rings. The van der Waals surface area contributed by atoms with E-state index in [1.165, 1.54) is 12.1 Å². The van der Waals surface area contributed by atoms with Gasteiger partial charge >= 0.3 is 0 Å². The maximum Gasteiger partial charge on any atom is 0.266 e. The lowest BCUT2D eigenvalue weighted by Gasteiger charge is -2.14. The van der Waals surface area contributed by atoms with Crippen molar-refractivity contribution in [3.8, 4) is 5.75 Å². The SMILES string of the molecule is COc1ccc(N2C(=O)c3ccc(C(=O)Nc4cccc(I)c4)cc3C2=O)cc1. The minimum absolute atomic E-state index is 0.209. The van der Waals surface area contributed by atoms with E-state index in [0.717, 1.165) is 8.47 Å². The smallest absolute Gasteiger partial charge is 0.266 e. The molecule has 0 spiro atoms. The molecule has 3 aromatic rings. The van der Waals surface area contributed by atoms with Gasteiger partial charge in [0, 0.05) is 14.8 Å². The zero-order valence-electron chi connectivity index (χ0n) is 15.3. The molecule has 7 heteroatoms. The van der Waals surface area contributed by atoms with E-state index in [0.29, 0.717) is 22.7 Å². The maximum atomic E-state index is 12.9. The molecule has 0 radical (unpaired) electrons. The highest BCUT2D eigenvalue weighted by Gasteiger charge is 2.37. The number of carbonyl (C=O) groups excluding carboxylic acids is 3. The molecule has 29 heavy (non-hydrogen) atoms. The number of rotatable bonds is 4. The fraction of sp³-hybridized carbons (Fsp3) is 0.0455. The largest absolute Gasteiger partial charge is 0.497 e. The lowest BCUT2D eigenvalue weighted by atomic mass is 10.1. The van der Waals surface area contributed by atoms with E-state index < -0.39 is 11.8 Å². The number of carbonyl (C=O) groups is 3. The molecule has 1 N–H and O–H groups in total. The second-order valence-electron chi connectivity index (χ2n) is 6.37. The van der Waals surface area contributed by atoms with Crippen LogP contribution >= 0.6 is 22.6 Å². The second kappa shape index (κ2) is 7.67. The van der Waals surface area contributed by atoms with Gasteiger partial charge in [0.15, 0.2) is 0 Å². The van der Waals surface area contributed by atoms with Crippen molar-refractivity contribution >= 4 is 51.7 Å². The van der Waals surface area contributed by atoms with Gasteiger partial charge in [0.1, 0.15) is 5.75 Å². The molecular weight excluding hydrogens is 483 g/mol. The molecule has 0 atom stereocenters. The molecule has 0 saturated carbocycles. The zero-order chi connectivity index (χ0) is 20.5. The Kier molecular flexibility index (Phi) is 5.06. The molecule has 6 nitrogen and oxygen atoms in total. The van der Waals surface area contributed by atoms with E-state index >= 15 is 0 Å². The number of fused-ring (bicyclic) bond motifs is 1. The van der Waals surface area contributed by atoms with Crippen LogP contribution in [0.4, 0.5) is 11.4 Å². The molecule has 0 unspecified atom stereocenters. The molecule has 3 amide bonds. The van der Waals surface area contributed by atoms with Crippen LogP contribution in [0.2, 0.25) is 0 Å². The summed E-state index contributed by atoms with van der Waals surface area (Å²) in [7, 11) is 1.54. The summed E-state index contributed by atoms with van der Waals surface area (Å²) in [6.07, 6.45) is 0. The Bertz CT molecular complexity index is 1140. The van der Waals surface area contributed by atoms with Gasteiger partial charge in [0.2, 0.25) is 0 Å². The van der Waals surface area contributed by atoms with Crippen LogP contribution in [0.25, 0.3) is 0 Å². The monoisotopic (exact) mass is 498 g/mol. The fourth-order valence-electron chi connectivity index (χ4n) is 3.12. The Labute approximate surface area is 180 Å². The predicted octanol–water partition coefficient (Wildman–Crippen LogP) is 4.35. The van der Waals surface area contributed by atoms with Crippen molar-refractivity contribution in [3.05, 3.63) is 87.0 Å². The number of hydrogen-bond acceptors (Lipinski definition) is 4. The maximum absolute atomic E-state index is 12.9. The topological polar surface area (TPSA) is 75.7 Å². The highest BCUT2D eigenvalue weighted by molar-refractivity contribution is 14.1. The standard InChI is InChI=1S/C22H15IN2O4/c1-29-17-8-6-16(7-9-17)25-21(27)18-10-5-13(11-19(18)22(25)28)20(26)24-15-4-2-3-14(23)12-15/h2-12H,1H3,(H,24,26). The van der Waals surface area contributed by atoms with E-state index in [2.05, 4.69) is 27.9 Å². The normalized spacial score (nSPS) is 12.7. The van der Waals surface area contributed by atoms with Gasteiger partial charge in [-0.15, -0.1) is 0 Å². The lowest BCUT2D eigenvalue weighted by molar-refractivity contribution is 0.0925. The number of nitrogens with one attached hydrogen (secondary N) is 1. The molecule has 0 bridgehead atoms. The number of ether oxygens (including phenoxy) is 1. The highest BCUT2D eigenvalue weighted by Crippen LogP contribution is 2.30. The molecule has 0 saturated heterocycles. The molecule has 0 fully saturated rings. The Hall–Kier alpha value is -3.20. The summed E-state index contributed by atoms with van der Waals surface area (Å²) in [6, 6.07) is 18.6. The zero-order valence-corrected chi connectivity index (χ0v) is 17.5. The first-order chi connectivity index (χ1) is 14.0. The van der Waals surface area contributed by atoms with Crippen molar-refractivity contribution in [3.63, 3.8) is 0 Å². The van der Waals surface area contributed by atoms with Gasteiger partial charge in [0.25, 0.3) is 17.7 Å². The molecule has 144 valence electrons. The first-order valence-corrected chi connectivity index (χ1v) is 9.79. The molecule has 1 heterocycles. The summed E-state index contributed by atoms with van der Waals surface area (Å²) >= 11 is 2.16. The number of benzene rings is 3. The highest BCUT2D eigenvalue weighted by atomic mass is 127. The summed E-state index contributed by atoms with van der Waals surface area (Å²) in [5.74, 6) is -0.600. The van der Waals surface area contributed by atoms with E-state index in [1.807, 2.05) is 18.2 Å². The number of methoxy groups -OCH3 is 1. The lowest BCUT2D eigenvalue weighted by Crippen LogP contribution is -2.29. The van der Waals surface area contributed by atoms with Gasteiger partial charge in [-0.2, -0.15) is 0 Å². The Morgan fingerprint density at radius 3 is 2.34 bits per heavy atom. The molecule has 0 aromatic heterocycles. The van der Waals surface area contributed by atoms with Gasteiger partial charge in [-0.05, 0) is 83.3 Å². The number of imide groups is 1. The van der Waals surface area contributed by atoms with E-state index in [1.54, 1.807) is 43.5 Å². The van der Waals surface area contributed by atoms with Crippen molar-refractivity contribution < 1.29 is 19.1 Å². The van der Waals surface area contributed by atoms with Crippen LogP contribution in [0.3, 0.4) is 0 Å². The van der Waals surface area contributed by atoms with E-state index in [9.17, 15) is 14.4 Å². The van der Waals surface area contributed by atoms with Crippen LogP contribution < -0.4 is 15.0 Å². The average molecular weight is 498 g/mol. The Balaban J connectivity index is 1.61. The van der Waals surface area contributed by atoms with Crippen molar-refractivity contribution in [2.24, 2.45) is 0 Å². The predicted molar refractivity (Wildman–Crippen MR) is 118 cm³/mol. The number of hydrogen-bond donors (Lipinski definition) is 1. The van der Waals surface area contributed by atoms with Crippen LogP contribution in [0.1, 0.15) is 31.1 Å². The summed E-state index contributed by atoms with van der Waals surface area (Å²) in [5.41, 5.74) is 1.89. The first kappa shape index (κ1) is 19.1. The molecule has 3 aromatic carbocycles. The molecule has 0 aliphatic carbocycles. The van der Waals surface area contributed by atoms with Crippen molar-refractivity contribution in [1.82, 2.24) is 0 Å². The third-order valence-electron chi connectivity index (χ3n) is 4.56. The van der Waals surface area contributed by atoms with Crippen molar-refractivity contribution in [1.29, 1.82) is 0 Å².